The highest BCUT2D eigenvalue weighted by Crippen LogP contribution is 2.35. The normalized spacial score (nSPS) is 26.9. The fourth-order valence-corrected chi connectivity index (χ4v) is 6.46. The molecule has 0 spiro atoms. The van der Waals surface area contributed by atoms with Crippen molar-refractivity contribution < 1.29 is 27.4 Å². The number of hydrogen-bond donors (Lipinski definition) is 0. The van der Waals surface area contributed by atoms with Crippen LogP contribution in [-0.2, 0) is 35.4 Å². The number of sulfone groups is 1. The van der Waals surface area contributed by atoms with Crippen molar-refractivity contribution >= 4 is 9.84 Å². The Morgan fingerprint density at radius 1 is 1.03 bits per heavy atom. The molecule has 7 nitrogen and oxygen atoms in total. The SMILES string of the molecule is CO[C@@H]1O[C@H](COCc2ccccc2)[C@H](S(=O)(=O)c2ccc(C)cc2)[C@H]1N1CCOCC1. The Hall–Kier alpha value is -1.81. The van der Waals surface area contributed by atoms with Crippen molar-refractivity contribution in [3.63, 3.8) is 0 Å². The van der Waals surface area contributed by atoms with Crippen LogP contribution in [0.25, 0.3) is 0 Å². The molecule has 0 N–H and O–H groups in total. The Kier molecular flexibility index (Phi) is 7.60. The molecule has 0 aromatic heterocycles. The van der Waals surface area contributed by atoms with Crippen molar-refractivity contribution in [3.05, 3.63) is 65.7 Å². The van der Waals surface area contributed by atoms with Crippen molar-refractivity contribution in [3.8, 4) is 0 Å². The van der Waals surface area contributed by atoms with E-state index in [0.717, 1.165) is 11.1 Å². The fraction of sp³-hybridized carbons (Fsp3) is 0.500. The zero-order valence-corrected chi connectivity index (χ0v) is 19.4. The van der Waals surface area contributed by atoms with Gasteiger partial charge < -0.3 is 18.9 Å². The van der Waals surface area contributed by atoms with E-state index < -0.39 is 33.5 Å². The van der Waals surface area contributed by atoms with Crippen LogP contribution in [0.1, 0.15) is 11.1 Å². The molecule has 0 radical (unpaired) electrons. The van der Waals surface area contributed by atoms with Gasteiger partial charge in [-0.1, -0.05) is 48.0 Å². The molecular weight excluding hydrogens is 430 g/mol. The summed E-state index contributed by atoms with van der Waals surface area (Å²) in [6.45, 7) is 4.85. The summed E-state index contributed by atoms with van der Waals surface area (Å²) in [6.07, 6.45) is -1.31. The molecule has 32 heavy (non-hydrogen) atoms. The number of rotatable bonds is 8. The number of aryl methyl sites for hydroxylation is 1. The summed E-state index contributed by atoms with van der Waals surface area (Å²) in [7, 11) is -2.15. The summed E-state index contributed by atoms with van der Waals surface area (Å²) in [5.41, 5.74) is 2.03. The summed E-state index contributed by atoms with van der Waals surface area (Å²) >= 11 is 0. The van der Waals surface area contributed by atoms with Gasteiger partial charge in [-0.3, -0.25) is 4.90 Å². The van der Waals surface area contributed by atoms with Gasteiger partial charge in [0.2, 0.25) is 0 Å². The molecule has 0 unspecified atom stereocenters. The molecule has 2 fully saturated rings. The third-order valence-electron chi connectivity index (χ3n) is 6.09. The monoisotopic (exact) mass is 461 g/mol. The van der Waals surface area contributed by atoms with E-state index >= 15 is 0 Å². The molecule has 2 aromatic carbocycles. The van der Waals surface area contributed by atoms with E-state index in [1.54, 1.807) is 19.2 Å². The minimum Gasteiger partial charge on any atom is -0.379 e. The number of morpholine rings is 1. The van der Waals surface area contributed by atoms with Crippen LogP contribution in [0.3, 0.4) is 0 Å². The maximum absolute atomic E-state index is 13.9. The van der Waals surface area contributed by atoms with E-state index in [2.05, 4.69) is 4.90 Å². The van der Waals surface area contributed by atoms with Gasteiger partial charge in [0.25, 0.3) is 0 Å². The summed E-state index contributed by atoms with van der Waals surface area (Å²) < 4.78 is 50.9. The number of ether oxygens (including phenoxy) is 4. The molecule has 2 saturated heterocycles. The number of nitrogens with zero attached hydrogens (tertiary/aromatic N) is 1. The molecule has 8 heteroatoms. The van der Waals surface area contributed by atoms with Gasteiger partial charge in [0.1, 0.15) is 11.4 Å². The van der Waals surface area contributed by atoms with Crippen LogP contribution in [-0.4, -0.2) is 77.0 Å². The van der Waals surface area contributed by atoms with Gasteiger partial charge in [0.05, 0.1) is 37.4 Å². The minimum absolute atomic E-state index is 0.158. The van der Waals surface area contributed by atoms with Crippen LogP contribution in [0.2, 0.25) is 0 Å². The molecule has 2 aliphatic heterocycles. The zero-order chi connectivity index (χ0) is 22.6. The maximum atomic E-state index is 13.9. The van der Waals surface area contributed by atoms with E-state index in [4.69, 9.17) is 18.9 Å². The average Bonchev–Trinajstić information content (AvgIpc) is 3.20. The first kappa shape index (κ1) is 23.4. The van der Waals surface area contributed by atoms with Gasteiger partial charge in [0.15, 0.2) is 16.1 Å². The molecule has 0 bridgehead atoms. The Balaban J connectivity index is 1.61. The van der Waals surface area contributed by atoms with E-state index in [9.17, 15) is 8.42 Å². The van der Waals surface area contributed by atoms with E-state index in [1.807, 2.05) is 49.4 Å². The van der Waals surface area contributed by atoms with Crippen LogP contribution >= 0.6 is 0 Å². The zero-order valence-electron chi connectivity index (χ0n) is 18.6. The summed E-state index contributed by atoms with van der Waals surface area (Å²) in [5, 5.41) is -0.816. The van der Waals surface area contributed by atoms with E-state index in [0.29, 0.717) is 37.8 Å². The molecule has 4 atom stereocenters. The fourth-order valence-electron chi connectivity index (χ4n) is 4.43. The van der Waals surface area contributed by atoms with Gasteiger partial charge in [-0.25, -0.2) is 8.42 Å². The van der Waals surface area contributed by atoms with Gasteiger partial charge in [-0.2, -0.15) is 0 Å². The highest BCUT2D eigenvalue weighted by Gasteiger charge is 2.54. The molecule has 2 aliphatic rings. The van der Waals surface area contributed by atoms with Crippen LogP contribution in [0.5, 0.6) is 0 Å². The van der Waals surface area contributed by atoms with Crippen molar-refractivity contribution in [2.45, 2.75) is 42.1 Å². The van der Waals surface area contributed by atoms with E-state index in [1.165, 1.54) is 0 Å². The number of methoxy groups -OCH3 is 1. The van der Waals surface area contributed by atoms with Gasteiger partial charge >= 0.3 is 0 Å². The molecule has 0 amide bonds. The Bertz CT molecular complexity index is 960. The first-order valence-electron chi connectivity index (χ1n) is 10.9. The molecule has 0 aliphatic carbocycles. The number of hydrogen-bond acceptors (Lipinski definition) is 7. The van der Waals surface area contributed by atoms with Crippen molar-refractivity contribution in [1.82, 2.24) is 4.90 Å². The summed E-state index contributed by atoms with van der Waals surface area (Å²) in [6, 6.07) is 16.3. The minimum atomic E-state index is -3.71. The first-order valence-corrected chi connectivity index (χ1v) is 12.5. The Morgan fingerprint density at radius 3 is 2.38 bits per heavy atom. The Labute approximate surface area is 190 Å². The molecule has 174 valence electrons. The second-order valence-corrected chi connectivity index (χ2v) is 10.3. The van der Waals surface area contributed by atoms with Crippen LogP contribution in [0.4, 0.5) is 0 Å². The Morgan fingerprint density at radius 2 is 1.72 bits per heavy atom. The number of benzene rings is 2. The highest BCUT2D eigenvalue weighted by molar-refractivity contribution is 7.92. The molecule has 2 aromatic rings. The predicted octanol–water partition coefficient (Wildman–Crippen LogP) is 2.43. The lowest BCUT2D eigenvalue weighted by atomic mass is 10.1. The summed E-state index contributed by atoms with van der Waals surface area (Å²) in [5.74, 6) is 0. The largest absolute Gasteiger partial charge is 0.379 e. The van der Waals surface area contributed by atoms with Gasteiger partial charge in [0, 0.05) is 20.2 Å². The average molecular weight is 462 g/mol. The maximum Gasteiger partial charge on any atom is 0.185 e. The van der Waals surface area contributed by atoms with Crippen LogP contribution < -0.4 is 0 Å². The summed E-state index contributed by atoms with van der Waals surface area (Å²) in [4.78, 5) is 2.41. The predicted molar refractivity (Wildman–Crippen MR) is 120 cm³/mol. The lowest BCUT2D eigenvalue weighted by molar-refractivity contribution is -0.152. The van der Waals surface area contributed by atoms with E-state index in [-0.39, 0.29) is 6.61 Å². The molecule has 4 rings (SSSR count). The lowest BCUT2D eigenvalue weighted by Gasteiger charge is -2.36. The third-order valence-corrected chi connectivity index (χ3v) is 8.32. The second kappa shape index (κ2) is 10.4. The quantitative estimate of drug-likeness (QED) is 0.598. The second-order valence-electron chi connectivity index (χ2n) is 8.24. The lowest BCUT2D eigenvalue weighted by Crippen LogP contribution is -2.55. The highest BCUT2D eigenvalue weighted by atomic mass is 32.2. The van der Waals surface area contributed by atoms with Crippen molar-refractivity contribution in [1.29, 1.82) is 0 Å². The smallest absolute Gasteiger partial charge is 0.185 e. The van der Waals surface area contributed by atoms with Gasteiger partial charge in [-0.05, 0) is 24.6 Å². The topological polar surface area (TPSA) is 74.3 Å². The van der Waals surface area contributed by atoms with Crippen LogP contribution in [0.15, 0.2) is 59.5 Å². The molecular formula is C24H31NO6S. The third kappa shape index (κ3) is 5.06. The standard InChI is InChI=1S/C24H31NO6S/c1-18-8-10-20(11-9-18)32(26,27)23-21(17-30-16-19-6-4-3-5-7-19)31-24(28-2)22(23)25-12-14-29-15-13-25/h3-11,21-24H,12-17H2,1-2H3/t21-,22-,23+,24-/m1/s1. The van der Waals surface area contributed by atoms with Crippen molar-refractivity contribution in [2.24, 2.45) is 0 Å². The van der Waals surface area contributed by atoms with Gasteiger partial charge in [-0.15, -0.1) is 0 Å². The first-order chi connectivity index (χ1) is 15.5. The van der Waals surface area contributed by atoms with Crippen LogP contribution in [0, 0.1) is 6.92 Å². The van der Waals surface area contributed by atoms with Crippen molar-refractivity contribution in [2.75, 3.05) is 40.0 Å². The molecule has 2 heterocycles. The molecule has 0 saturated carbocycles.